The summed E-state index contributed by atoms with van der Waals surface area (Å²) in [5.74, 6) is 0.414. The summed E-state index contributed by atoms with van der Waals surface area (Å²) in [6, 6.07) is 21.3. The van der Waals surface area contributed by atoms with Crippen LogP contribution in [-0.2, 0) is 0 Å². The van der Waals surface area contributed by atoms with Gasteiger partial charge in [0.1, 0.15) is 0 Å². The van der Waals surface area contributed by atoms with Crippen molar-refractivity contribution >= 4 is 28.9 Å². The summed E-state index contributed by atoms with van der Waals surface area (Å²) in [5, 5.41) is 7.41. The molecule has 7 nitrogen and oxygen atoms in total. The molecule has 7 heteroatoms. The molecule has 2 aromatic heterocycles. The van der Waals surface area contributed by atoms with Gasteiger partial charge in [0.15, 0.2) is 5.65 Å². The summed E-state index contributed by atoms with van der Waals surface area (Å²) in [6.07, 6.45) is 1.87. The Morgan fingerprint density at radius 3 is 2.62 bits per heavy atom. The van der Waals surface area contributed by atoms with Gasteiger partial charge in [0, 0.05) is 36.2 Å². The van der Waals surface area contributed by atoms with Crippen LogP contribution < -0.4 is 16.0 Å². The van der Waals surface area contributed by atoms with Crippen LogP contribution in [0.15, 0.2) is 72.9 Å². The molecule has 2 heterocycles. The highest BCUT2D eigenvalue weighted by Crippen LogP contribution is 2.33. The molecule has 0 aliphatic rings. The average molecular weight is 386 g/mol. The second-order valence-electron chi connectivity index (χ2n) is 6.68. The molecule has 3 N–H and O–H groups in total. The third kappa shape index (κ3) is 3.95. The highest BCUT2D eigenvalue weighted by Gasteiger charge is 2.18. The number of rotatable bonds is 6. The van der Waals surface area contributed by atoms with Crippen LogP contribution in [0.1, 0.15) is 15.9 Å². The first-order valence-corrected chi connectivity index (χ1v) is 9.42. The van der Waals surface area contributed by atoms with Crippen LogP contribution in [0.4, 0.5) is 17.3 Å². The van der Waals surface area contributed by atoms with Gasteiger partial charge in [-0.15, -0.1) is 5.10 Å². The van der Waals surface area contributed by atoms with E-state index >= 15 is 0 Å². The molecule has 2 aromatic carbocycles. The van der Waals surface area contributed by atoms with Crippen LogP contribution >= 0.6 is 0 Å². The van der Waals surface area contributed by atoms with E-state index in [0.29, 0.717) is 24.6 Å². The van der Waals surface area contributed by atoms with Crippen molar-refractivity contribution in [2.24, 2.45) is 5.73 Å². The molecule has 0 atom stereocenters. The fourth-order valence-electron chi connectivity index (χ4n) is 3.11. The molecule has 0 radical (unpaired) electrons. The third-order valence-corrected chi connectivity index (χ3v) is 4.51. The van der Waals surface area contributed by atoms with Crippen LogP contribution in [-0.4, -0.2) is 33.6 Å². The van der Waals surface area contributed by atoms with E-state index in [2.05, 4.69) is 21.5 Å². The maximum Gasteiger partial charge on any atom is 0.254 e. The minimum absolute atomic E-state index is 0.144. The van der Waals surface area contributed by atoms with Crippen LogP contribution in [0.3, 0.4) is 0 Å². The van der Waals surface area contributed by atoms with Crippen LogP contribution in [0.2, 0.25) is 0 Å². The third-order valence-electron chi connectivity index (χ3n) is 4.51. The first-order valence-electron chi connectivity index (χ1n) is 9.42. The number of carbonyl (C=O) groups excluding carboxylic acids is 1. The Bertz CT molecular complexity index is 1100. The number of nitrogens with zero attached hydrogens (tertiary/aromatic N) is 4. The molecule has 0 aliphatic heterocycles. The van der Waals surface area contributed by atoms with Crippen molar-refractivity contribution in [1.29, 1.82) is 0 Å². The zero-order valence-electron chi connectivity index (χ0n) is 16.1. The van der Waals surface area contributed by atoms with E-state index in [4.69, 9.17) is 5.73 Å². The number of anilines is 3. The van der Waals surface area contributed by atoms with Gasteiger partial charge in [-0.25, -0.2) is 4.52 Å². The first-order chi connectivity index (χ1) is 14.2. The van der Waals surface area contributed by atoms with Gasteiger partial charge in [0.2, 0.25) is 0 Å². The lowest BCUT2D eigenvalue weighted by Crippen LogP contribution is -2.28. The molecular formula is C22H22N6O. The molecule has 1 amide bonds. The Hall–Kier alpha value is -3.71. The summed E-state index contributed by atoms with van der Waals surface area (Å²) < 4.78 is 1.74. The number of aryl methyl sites for hydroxylation is 1. The van der Waals surface area contributed by atoms with Crippen molar-refractivity contribution in [2.45, 2.75) is 6.92 Å². The van der Waals surface area contributed by atoms with Gasteiger partial charge in [-0.05, 0) is 61.0 Å². The molecule has 0 bridgehead atoms. The SMILES string of the molecule is Cc1cccc(N(c2ccc(C(=O)NCCN)cc2)c2nc3ccccn3n2)c1. The van der Waals surface area contributed by atoms with Crippen LogP contribution in [0, 0.1) is 6.92 Å². The van der Waals surface area contributed by atoms with Gasteiger partial charge < -0.3 is 11.1 Å². The van der Waals surface area contributed by atoms with Gasteiger partial charge in [0.05, 0.1) is 0 Å². The smallest absolute Gasteiger partial charge is 0.254 e. The standard InChI is InChI=1S/C22H22N6O/c1-16-5-4-6-19(15-16)28(22-25-20-7-2-3-14-27(20)26-22)18-10-8-17(9-11-18)21(29)24-13-12-23/h2-11,14-15H,12-13,23H2,1H3,(H,24,29). The topological polar surface area (TPSA) is 88.5 Å². The van der Waals surface area contributed by atoms with E-state index in [1.54, 1.807) is 16.6 Å². The van der Waals surface area contributed by atoms with Crippen molar-refractivity contribution in [3.05, 3.63) is 84.1 Å². The van der Waals surface area contributed by atoms with E-state index in [0.717, 1.165) is 22.6 Å². The van der Waals surface area contributed by atoms with E-state index < -0.39 is 0 Å². The molecule has 0 spiro atoms. The largest absolute Gasteiger partial charge is 0.351 e. The Labute approximate surface area is 168 Å². The van der Waals surface area contributed by atoms with Gasteiger partial charge in [-0.2, -0.15) is 4.98 Å². The maximum absolute atomic E-state index is 12.2. The van der Waals surface area contributed by atoms with Crippen LogP contribution in [0.5, 0.6) is 0 Å². The molecule has 0 fully saturated rings. The Morgan fingerprint density at radius 1 is 1.07 bits per heavy atom. The zero-order valence-corrected chi connectivity index (χ0v) is 16.1. The number of amides is 1. The summed E-state index contributed by atoms with van der Waals surface area (Å²) >= 11 is 0. The van der Waals surface area contributed by atoms with Gasteiger partial charge in [0.25, 0.3) is 11.9 Å². The number of nitrogens with one attached hydrogen (secondary N) is 1. The lowest BCUT2D eigenvalue weighted by atomic mass is 10.1. The summed E-state index contributed by atoms with van der Waals surface area (Å²) in [5.41, 5.74) is 9.74. The highest BCUT2D eigenvalue weighted by atomic mass is 16.1. The van der Waals surface area contributed by atoms with Crippen LogP contribution in [0.25, 0.3) is 5.65 Å². The Morgan fingerprint density at radius 2 is 1.90 bits per heavy atom. The van der Waals surface area contributed by atoms with Crippen molar-refractivity contribution in [3.63, 3.8) is 0 Å². The van der Waals surface area contributed by atoms with E-state index in [1.165, 1.54) is 0 Å². The molecule has 4 rings (SSSR count). The summed E-state index contributed by atoms with van der Waals surface area (Å²) in [7, 11) is 0. The molecule has 0 saturated heterocycles. The number of hydrogen-bond acceptors (Lipinski definition) is 5. The Kier molecular flexibility index (Phi) is 5.22. The molecule has 4 aromatic rings. The van der Waals surface area contributed by atoms with Crippen molar-refractivity contribution in [1.82, 2.24) is 19.9 Å². The highest BCUT2D eigenvalue weighted by molar-refractivity contribution is 5.94. The molecule has 0 unspecified atom stereocenters. The molecule has 29 heavy (non-hydrogen) atoms. The monoisotopic (exact) mass is 386 g/mol. The number of benzene rings is 2. The number of hydrogen-bond donors (Lipinski definition) is 2. The molecule has 146 valence electrons. The van der Waals surface area contributed by atoms with Gasteiger partial charge >= 0.3 is 0 Å². The summed E-state index contributed by atoms with van der Waals surface area (Å²) in [6.45, 7) is 2.90. The molecule has 0 aliphatic carbocycles. The normalized spacial score (nSPS) is 10.8. The number of carbonyl (C=O) groups is 1. The second-order valence-corrected chi connectivity index (χ2v) is 6.68. The Balaban J connectivity index is 1.75. The van der Waals surface area contributed by atoms with Gasteiger partial charge in [-0.1, -0.05) is 18.2 Å². The minimum Gasteiger partial charge on any atom is -0.351 e. The maximum atomic E-state index is 12.2. The van der Waals surface area contributed by atoms with Gasteiger partial charge in [-0.3, -0.25) is 9.69 Å². The lowest BCUT2D eigenvalue weighted by molar-refractivity contribution is 0.0955. The fourth-order valence-corrected chi connectivity index (χ4v) is 3.11. The average Bonchev–Trinajstić information content (AvgIpc) is 3.16. The second kappa shape index (κ2) is 8.12. The van der Waals surface area contributed by atoms with Crippen molar-refractivity contribution < 1.29 is 4.79 Å². The van der Waals surface area contributed by atoms with E-state index in [-0.39, 0.29) is 5.91 Å². The number of aromatic nitrogens is 3. The van der Waals surface area contributed by atoms with Crippen molar-refractivity contribution in [3.8, 4) is 0 Å². The van der Waals surface area contributed by atoms with E-state index in [9.17, 15) is 4.79 Å². The fraction of sp³-hybridized carbons (Fsp3) is 0.136. The van der Waals surface area contributed by atoms with E-state index in [1.807, 2.05) is 66.6 Å². The molecular weight excluding hydrogens is 364 g/mol. The zero-order chi connectivity index (χ0) is 20.2. The predicted molar refractivity (Wildman–Crippen MR) is 114 cm³/mol. The predicted octanol–water partition coefficient (Wildman–Crippen LogP) is 3.20. The quantitative estimate of drug-likeness (QED) is 0.531. The minimum atomic E-state index is -0.144. The van der Waals surface area contributed by atoms with Crippen molar-refractivity contribution in [2.75, 3.05) is 18.0 Å². The number of fused-ring (bicyclic) bond motifs is 1. The number of nitrogens with two attached hydrogens (primary N) is 1. The summed E-state index contributed by atoms with van der Waals surface area (Å²) in [4.78, 5) is 18.8. The number of pyridine rings is 1. The molecule has 0 saturated carbocycles. The lowest BCUT2D eigenvalue weighted by Gasteiger charge is -2.22. The first kappa shape index (κ1) is 18.6.